The Bertz CT molecular complexity index is 1210. The minimum Gasteiger partial charge on any atom is -0.506 e. The second kappa shape index (κ2) is 6.16. The van der Waals surface area contributed by atoms with E-state index < -0.39 is 22.8 Å². The zero-order valence-electron chi connectivity index (χ0n) is 13.5. The Morgan fingerprint density at radius 2 is 2.08 bits per heavy atom. The first-order valence-corrected chi connectivity index (χ1v) is 8.39. The van der Waals surface area contributed by atoms with Gasteiger partial charge < -0.3 is 14.3 Å². The first-order chi connectivity index (χ1) is 12.6. The molecule has 0 saturated heterocycles. The van der Waals surface area contributed by atoms with Gasteiger partial charge in [-0.05, 0) is 24.3 Å². The van der Waals surface area contributed by atoms with Gasteiger partial charge in [0, 0.05) is 6.07 Å². The van der Waals surface area contributed by atoms with Gasteiger partial charge in [-0.1, -0.05) is 23.5 Å². The van der Waals surface area contributed by atoms with Gasteiger partial charge in [0.25, 0.3) is 5.91 Å². The second-order valence-electron chi connectivity index (χ2n) is 5.42. The highest BCUT2D eigenvalue weighted by molar-refractivity contribution is 7.22. The van der Waals surface area contributed by atoms with Crippen molar-refractivity contribution >= 4 is 43.6 Å². The van der Waals surface area contributed by atoms with Crippen molar-refractivity contribution in [2.45, 2.75) is 0 Å². The van der Waals surface area contributed by atoms with Gasteiger partial charge in [-0.2, -0.15) is 0 Å². The van der Waals surface area contributed by atoms with E-state index in [-0.39, 0.29) is 11.0 Å². The van der Waals surface area contributed by atoms with E-state index in [9.17, 15) is 14.7 Å². The van der Waals surface area contributed by atoms with Crippen LogP contribution >= 0.6 is 11.3 Å². The van der Waals surface area contributed by atoms with Crippen molar-refractivity contribution < 1.29 is 19.1 Å². The molecule has 2 aromatic carbocycles. The summed E-state index contributed by atoms with van der Waals surface area (Å²) in [5.41, 5.74) is -0.514. The number of aromatic hydroxyl groups is 1. The van der Waals surface area contributed by atoms with Gasteiger partial charge in [0.05, 0.1) is 22.7 Å². The quantitative estimate of drug-likeness (QED) is 0.538. The Balaban J connectivity index is 1.72. The third-order valence-corrected chi connectivity index (χ3v) is 4.78. The molecular formula is C18H12N2O5S. The molecule has 0 atom stereocenters. The van der Waals surface area contributed by atoms with Crippen LogP contribution in [0.25, 0.3) is 21.2 Å². The van der Waals surface area contributed by atoms with Crippen LogP contribution in [-0.4, -0.2) is 23.1 Å². The van der Waals surface area contributed by atoms with Crippen molar-refractivity contribution in [1.29, 1.82) is 0 Å². The van der Waals surface area contributed by atoms with Crippen LogP contribution in [-0.2, 0) is 0 Å². The number of anilines is 1. The van der Waals surface area contributed by atoms with Gasteiger partial charge in [0.2, 0.25) is 0 Å². The van der Waals surface area contributed by atoms with Gasteiger partial charge in [0.1, 0.15) is 17.1 Å². The number of fused-ring (bicyclic) bond motifs is 2. The number of carbonyl (C=O) groups is 1. The van der Waals surface area contributed by atoms with E-state index >= 15 is 0 Å². The Labute approximate surface area is 150 Å². The van der Waals surface area contributed by atoms with E-state index in [1.807, 2.05) is 6.07 Å². The molecule has 26 heavy (non-hydrogen) atoms. The zero-order valence-corrected chi connectivity index (χ0v) is 14.3. The molecule has 0 aliphatic rings. The minimum absolute atomic E-state index is 0.207. The van der Waals surface area contributed by atoms with Crippen LogP contribution < -0.4 is 15.7 Å². The Hall–Kier alpha value is -3.39. The molecule has 2 heterocycles. The lowest BCUT2D eigenvalue weighted by Crippen LogP contribution is -2.21. The minimum atomic E-state index is -0.915. The van der Waals surface area contributed by atoms with Gasteiger partial charge in [-0.25, -0.2) is 9.78 Å². The molecule has 4 rings (SSSR count). The Morgan fingerprint density at radius 1 is 1.27 bits per heavy atom. The average molecular weight is 368 g/mol. The maximum atomic E-state index is 12.5. The maximum absolute atomic E-state index is 12.5. The summed E-state index contributed by atoms with van der Waals surface area (Å²) < 4.78 is 11.1. The van der Waals surface area contributed by atoms with Crippen LogP contribution in [0.2, 0.25) is 0 Å². The number of nitrogens with one attached hydrogen (secondary N) is 1. The van der Waals surface area contributed by atoms with Crippen LogP contribution in [0.5, 0.6) is 11.5 Å². The normalized spacial score (nSPS) is 11.0. The largest absolute Gasteiger partial charge is 0.506 e. The molecule has 0 unspecified atom stereocenters. The molecule has 2 N–H and O–H groups in total. The van der Waals surface area contributed by atoms with Crippen molar-refractivity contribution in [3.63, 3.8) is 0 Å². The standard InChI is InChI=1S/C18H12N2O5S/c1-24-9-6-7-13-11(8-9)19-18(26-13)20-16(22)14-15(21)10-4-2-3-5-12(10)25-17(14)23/h2-8,21H,1H3,(H,19,20,22). The molecule has 0 aliphatic heterocycles. The summed E-state index contributed by atoms with van der Waals surface area (Å²) >= 11 is 1.24. The third-order valence-electron chi connectivity index (χ3n) is 3.83. The number of ether oxygens (including phenoxy) is 1. The van der Waals surface area contributed by atoms with E-state index in [1.54, 1.807) is 43.5 Å². The summed E-state index contributed by atoms with van der Waals surface area (Å²) in [6.45, 7) is 0. The van der Waals surface area contributed by atoms with Crippen LogP contribution in [0, 0.1) is 0 Å². The van der Waals surface area contributed by atoms with Crippen LogP contribution in [0.15, 0.2) is 51.7 Å². The Morgan fingerprint density at radius 3 is 2.88 bits per heavy atom. The molecule has 0 bridgehead atoms. The zero-order chi connectivity index (χ0) is 18.3. The smallest absolute Gasteiger partial charge is 0.353 e. The summed E-state index contributed by atoms with van der Waals surface area (Å²) in [6, 6.07) is 11.8. The fourth-order valence-corrected chi connectivity index (χ4v) is 3.42. The van der Waals surface area contributed by atoms with Crippen LogP contribution in [0.1, 0.15) is 10.4 Å². The monoisotopic (exact) mass is 368 g/mol. The highest BCUT2D eigenvalue weighted by Gasteiger charge is 2.22. The van der Waals surface area contributed by atoms with Crippen molar-refractivity contribution in [2.75, 3.05) is 12.4 Å². The summed E-state index contributed by atoms with van der Waals surface area (Å²) in [5, 5.41) is 13.5. The number of hydrogen-bond donors (Lipinski definition) is 2. The molecule has 8 heteroatoms. The molecule has 7 nitrogen and oxygen atoms in total. The topological polar surface area (TPSA) is 102 Å². The van der Waals surface area contributed by atoms with E-state index in [2.05, 4.69) is 10.3 Å². The van der Waals surface area contributed by atoms with E-state index in [1.165, 1.54) is 11.3 Å². The molecule has 0 aliphatic carbocycles. The number of carbonyl (C=O) groups excluding carboxylic acids is 1. The molecule has 4 aromatic rings. The van der Waals surface area contributed by atoms with Crippen molar-refractivity contribution in [1.82, 2.24) is 4.98 Å². The number of nitrogens with zero attached hydrogens (tertiary/aromatic N) is 1. The number of para-hydroxylation sites is 1. The number of hydrogen-bond acceptors (Lipinski definition) is 7. The first kappa shape index (κ1) is 16.1. The van der Waals surface area contributed by atoms with E-state index in [0.29, 0.717) is 16.4 Å². The molecule has 130 valence electrons. The number of aromatic nitrogens is 1. The number of rotatable bonds is 3. The summed E-state index contributed by atoms with van der Waals surface area (Å²) in [4.78, 5) is 28.9. The highest BCUT2D eigenvalue weighted by atomic mass is 32.1. The summed E-state index contributed by atoms with van der Waals surface area (Å²) in [7, 11) is 1.55. The van der Waals surface area contributed by atoms with Crippen LogP contribution in [0.4, 0.5) is 5.13 Å². The lowest BCUT2D eigenvalue weighted by Gasteiger charge is -2.05. The fraction of sp³-hybridized carbons (Fsp3) is 0.0556. The van der Waals surface area contributed by atoms with E-state index in [0.717, 1.165) is 4.70 Å². The van der Waals surface area contributed by atoms with Crippen LogP contribution in [0.3, 0.4) is 0 Å². The Kier molecular flexibility index (Phi) is 3.81. The van der Waals surface area contributed by atoms with Crippen molar-refractivity contribution in [2.24, 2.45) is 0 Å². The van der Waals surface area contributed by atoms with Gasteiger partial charge >= 0.3 is 5.63 Å². The molecule has 0 fully saturated rings. The molecule has 0 spiro atoms. The third kappa shape index (κ3) is 2.66. The molecule has 0 radical (unpaired) electrons. The molecule has 0 saturated carbocycles. The summed E-state index contributed by atoms with van der Waals surface area (Å²) in [6.07, 6.45) is 0. The predicted molar refractivity (Wildman–Crippen MR) is 98.3 cm³/mol. The predicted octanol–water partition coefficient (Wildman–Crippen LogP) is 3.37. The van der Waals surface area contributed by atoms with Gasteiger partial charge in [-0.3, -0.25) is 10.1 Å². The van der Waals surface area contributed by atoms with Crippen molar-refractivity contribution in [3.8, 4) is 11.5 Å². The second-order valence-corrected chi connectivity index (χ2v) is 6.45. The lowest BCUT2D eigenvalue weighted by molar-refractivity contribution is 0.102. The number of methoxy groups -OCH3 is 1. The molecule has 1 amide bonds. The molecule has 2 aromatic heterocycles. The molecular weight excluding hydrogens is 356 g/mol. The number of benzene rings is 2. The van der Waals surface area contributed by atoms with Crippen molar-refractivity contribution in [3.05, 3.63) is 58.4 Å². The number of amides is 1. The van der Waals surface area contributed by atoms with Gasteiger partial charge in [0.15, 0.2) is 10.7 Å². The maximum Gasteiger partial charge on any atom is 0.353 e. The fourth-order valence-electron chi connectivity index (χ4n) is 2.58. The van der Waals surface area contributed by atoms with E-state index in [4.69, 9.17) is 9.15 Å². The lowest BCUT2D eigenvalue weighted by atomic mass is 10.1. The van der Waals surface area contributed by atoms with Gasteiger partial charge in [-0.15, -0.1) is 0 Å². The SMILES string of the molecule is COc1ccc2sc(NC(=O)c3c(O)c4ccccc4oc3=O)nc2c1. The summed E-state index contributed by atoms with van der Waals surface area (Å²) in [5.74, 6) is -0.557. The highest BCUT2D eigenvalue weighted by Crippen LogP contribution is 2.30. The average Bonchev–Trinajstić information content (AvgIpc) is 3.02. The first-order valence-electron chi connectivity index (χ1n) is 7.57. The number of thiazole rings is 1.